The molecule has 88 valence electrons. The van der Waals surface area contributed by atoms with Crippen molar-refractivity contribution >= 4 is 50.9 Å². The highest BCUT2D eigenvalue weighted by Gasteiger charge is 2.03. The van der Waals surface area contributed by atoms with Gasteiger partial charge in [-0.1, -0.05) is 23.2 Å². The number of halogens is 3. The third-order valence-electron chi connectivity index (χ3n) is 1.93. The molecule has 0 aliphatic heterocycles. The van der Waals surface area contributed by atoms with Gasteiger partial charge in [0.2, 0.25) is 0 Å². The van der Waals surface area contributed by atoms with Crippen LogP contribution in [0.4, 0.5) is 0 Å². The van der Waals surface area contributed by atoms with Crippen molar-refractivity contribution < 1.29 is 0 Å². The van der Waals surface area contributed by atoms with Crippen LogP contribution < -0.4 is 0 Å². The van der Waals surface area contributed by atoms with Crippen molar-refractivity contribution in [2.45, 2.75) is 10.6 Å². The molecular formula is C11H7BrCl2N2S. The number of aromatic nitrogens is 2. The molecule has 0 unspecified atom stereocenters. The molecule has 2 rings (SSSR count). The maximum atomic E-state index is 5.89. The highest BCUT2D eigenvalue weighted by atomic mass is 79.9. The van der Waals surface area contributed by atoms with Crippen LogP contribution in [0.1, 0.15) is 5.82 Å². The molecular weight excluding hydrogens is 343 g/mol. The van der Waals surface area contributed by atoms with Gasteiger partial charge in [0.25, 0.3) is 0 Å². The van der Waals surface area contributed by atoms with Crippen molar-refractivity contribution in [3.8, 4) is 0 Å². The maximum absolute atomic E-state index is 5.89. The minimum absolute atomic E-state index is 0.437. The molecule has 0 N–H and O–H groups in total. The zero-order valence-corrected chi connectivity index (χ0v) is 12.4. The van der Waals surface area contributed by atoms with Crippen molar-refractivity contribution in [1.82, 2.24) is 9.97 Å². The van der Waals surface area contributed by atoms with Gasteiger partial charge in [-0.15, -0.1) is 11.8 Å². The summed E-state index contributed by atoms with van der Waals surface area (Å²) in [5.74, 6) is 1.38. The van der Waals surface area contributed by atoms with Crippen molar-refractivity contribution in [3.05, 3.63) is 50.9 Å². The molecule has 0 aliphatic rings. The molecule has 0 atom stereocenters. The minimum Gasteiger partial charge on any atom is -0.239 e. The average Bonchev–Trinajstić information content (AvgIpc) is 2.33. The first-order valence-corrected chi connectivity index (χ1v) is 7.24. The smallest absolute Gasteiger partial charge is 0.146 e. The first-order valence-electron chi connectivity index (χ1n) is 4.70. The monoisotopic (exact) mass is 348 g/mol. The van der Waals surface area contributed by atoms with Gasteiger partial charge < -0.3 is 0 Å². The lowest BCUT2D eigenvalue weighted by molar-refractivity contribution is 1.02. The summed E-state index contributed by atoms with van der Waals surface area (Å²) >= 11 is 16.6. The lowest BCUT2D eigenvalue weighted by Crippen LogP contribution is -1.92. The van der Waals surface area contributed by atoms with Gasteiger partial charge in [0.1, 0.15) is 11.0 Å². The second kappa shape index (κ2) is 6.05. The summed E-state index contributed by atoms with van der Waals surface area (Å²) in [5, 5.41) is 1.17. The molecule has 0 amide bonds. The van der Waals surface area contributed by atoms with E-state index in [4.69, 9.17) is 23.2 Å². The predicted octanol–water partition coefficient (Wildman–Crippen LogP) is 4.84. The number of thioether (sulfide) groups is 1. The summed E-state index contributed by atoms with van der Waals surface area (Å²) < 4.78 is 0.708. The lowest BCUT2D eigenvalue weighted by Gasteiger charge is -2.02. The topological polar surface area (TPSA) is 25.8 Å². The SMILES string of the molecule is Clc1ccc(SCc2ncc(Br)c(Cl)n2)cc1. The summed E-state index contributed by atoms with van der Waals surface area (Å²) in [6.07, 6.45) is 1.66. The van der Waals surface area contributed by atoms with E-state index in [1.165, 1.54) is 0 Å². The molecule has 0 radical (unpaired) electrons. The van der Waals surface area contributed by atoms with Gasteiger partial charge in [-0.2, -0.15) is 0 Å². The first-order chi connectivity index (χ1) is 8.15. The van der Waals surface area contributed by atoms with Crippen LogP contribution in [0.15, 0.2) is 39.8 Å². The van der Waals surface area contributed by atoms with Crippen LogP contribution in [0.3, 0.4) is 0 Å². The molecule has 2 nitrogen and oxygen atoms in total. The lowest BCUT2D eigenvalue weighted by atomic mass is 10.4. The molecule has 0 aliphatic carbocycles. The van der Waals surface area contributed by atoms with Crippen LogP contribution >= 0.6 is 50.9 Å². The largest absolute Gasteiger partial charge is 0.239 e. The normalized spacial score (nSPS) is 10.5. The van der Waals surface area contributed by atoms with E-state index in [1.807, 2.05) is 24.3 Å². The maximum Gasteiger partial charge on any atom is 0.146 e. The highest BCUT2D eigenvalue weighted by molar-refractivity contribution is 9.10. The van der Waals surface area contributed by atoms with Crippen molar-refractivity contribution in [1.29, 1.82) is 0 Å². The van der Waals surface area contributed by atoms with Crippen LogP contribution in [0.5, 0.6) is 0 Å². The molecule has 6 heteroatoms. The Morgan fingerprint density at radius 3 is 2.53 bits per heavy atom. The van der Waals surface area contributed by atoms with Gasteiger partial charge in [0, 0.05) is 16.1 Å². The number of benzene rings is 1. The van der Waals surface area contributed by atoms with Gasteiger partial charge in [-0.05, 0) is 40.2 Å². The third-order valence-corrected chi connectivity index (χ3v) is 4.29. The van der Waals surface area contributed by atoms with Gasteiger partial charge in [-0.3, -0.25) is 0 Å². The Balaban J connectivity index is 2.02. The second-order valence-corrected chi connectivity index (χ2v) is 5.87. The minimum atomic E-state index is 0.437. The van der Waals surface area contributed by atoms with E-state index in [-0.39, 0.29) is 0 Å². The van der Waals surface area contributed by atoms with Crippen molar-refractivity contribution in [2.75, 3.05) is 0 Å². The van der Waals surface area contributed by atoms with E-state index in [1.54, 1.807) is 18.0 Å². The molecule has 1 heterocycles. The molecule has 0 saturated carbocycles. The fourth-order valence-corrected chi connectivity index (χ4v) is 2.36. The van der Waals surface area contributed by atoms with E-state index in [0.29, 0.717) is 21.2 Å². The van der Waals surface area contributed by atoms with Gasteiger partial charge in [0.05, 0.1) is 10.2 Å². The molecule has 0 fully saturated rings. The molecule has 1 aromatic carbocycles. The number of nitrogens with zero attached hydrogens (tertiary/aromatic N) is 2. The van der Waals surface area contributed by atoms with Gasteiger partial charge in [0.15, 0.2) is 0 Å². The Kier molecular flexibility index (Phi) is 4.68. The zero-order valence-electron chi connectivity index (χ0n) is 8.53. The first kappa shape index (κ1) is 13.1. The Bertz CT molecular complexity index is 519. The average molecular weight is 350 g/mol. The summed E-state index contributed by atoms with van der Waals surface area (Å²) in [5.41, 5.74) is 0. The number of rotatable bonds is 3. The van der Waals surface area contributed by atoms with E-state index < -0.39 is 0 Å². The van der Waals surface area contributed by atoms with Crippen LogP contribution in [-0.4, -0.2) is 9.97 Å². The molecule has 0 bridgehead atoms. The second-order valence-electron chi connectivity index (χ2n) is 3.17. The Morgan fingerprint density at radius 2 is 1.88 bits per heavy atom. The molecule has 17 heavy (non-hydrogen) atoms. The fraction of sp³-hybridized carbons (Fsp3) is 0.0909. The summed E-state index contributed by atoms with van der Waals surface area (Å²) in [7, 11) is 0. The standard InChI is InChI=1S/C11H7BrCl2N2S/c12-9-5-15-10(16-11(9)14)6-17-8-3-1-7(13)2-4-8/h1-5H,6H2. The Hall–Kier alpha value is -0.290. The molecule has 0 spiro atoms. The third kappa shape index (κ3) is 3.85. The number of hydrogen-bond acceptors (Lipinski definition) is 3. The molecule has 0 saturated heterocycles. The van der Waals surface area contributed by atoms with E-state index >= 15 is 0 Å². The van der Waals surface area contributed by atoms with Crippen LogP contribution in [0, 0.1) is 0 Å². The zero-order chi connectivity index (χ0) is 12.3. The van der Waals surface area contributed by atoms with Crippen molar-refractivity contribution in [2.24, 2.45) is 0 Å². The highest BCUT2D eigenvalue weighted by Crippen LogP contribution is 2.24. The Labute approximate surface area is 122 Å². The molecule has 2 aromatic rings. The van der Waals surface area contributed by atoms with Crippen LogP contribution in [0.2, 0.25) is 10.2 Å². The van der Waals surface area contributed by atoms with E-state index in [9.17, 15) is 0 Å². The van der Waals surface area contributed by atoms with Crippen LogP contribution in [0.25, 0.3) is 0 Å². The van der Waals surface area contributed by atoms with Gasteiger partial charge in [-0.25, -0.2) is 9.97 Å². The van der Waals surface area contributed by atoms with E-state index in [0.717, 1.165) is 9.92 Å². The Morgan fingerprint density at radius 1 is 1.18 bits per heavy atom. The van der Waals surface area contributed by atoms with Crippen molar-refractivity contribution in [3.63, 3.8) is 0 Å². The van der Waals surface area contributed by atoms with E-state index in [2.05, 4.69) is 25.9 Å². The quantitative estimate of drug-likeness (QED) is 0.585. The fourth-order valence-electron chi connectivity index (χ4n) is 1.13. The summed E-state index contributed by atoms with van der Waals surface area (Å²) in [4.78, 5) is 9.47. The summed E-state index contributed by atoms with van der Waals surface area (Å²) in [6.45, 7) is 0. The van der Waals surface area contributed by atoms with Gasteiger partial charge >= 0.3 is 0 Å². The van der Waals surface area contributed by atoms with Crippen LogP contribution in [-0.2, 0) is 5.75 Å². The summed E-state index contributed by atoms with van der Waals surface area (Å²) in [6, 6.07) is 7.65. The predicted molar refractivity (Wildman–Crippen MR) is 75.8 cm³/mol. The molecule has 1 aromatic heterocycles. The number of hydrogen-bond donors (Lipinski definition) is 0.